The van der Waals surface area contributed by atoms with E-state index >= 15 is 0 Å². The lowest BCUT2D eigenvalue weighted by Crippen LogP contribution is -1.97. The maximum absolute atomic E-state index is 5.84. The fourth-order valence-electron chi connectivity index (χ4n) is 2.63. The number of rotatable bonds is 5. The number of benzene rings is 2. The summed E-state index contributed by atoms with van der Waals surface area (Å²) in [6.07, 6.45) is 5.48. The van der Waals surface area contributed by atoms with E-state index in [0.717, 1.165) is 32.7 Å². The molecular formula is C21H16BrN3O. The van der Waals surface area contributed by atoms with E-state index in [9.17, 15) is 0 Å². The topological polar surface area (TPSA) is 39.9 Å². The third-order valence-electron chi connectivity index (χ3n) is 3.97. The Bertz CT molecular complexity index is 983. The van der Waals surface area contributed by atoms with Gasteiger partial charge >= 0.3 is 0 Å². The lowest BCUT2D eigenvalue weighted by Gasteiger charge is -2.07. The molecule has 4 nitrogen and oxygen atoms in total. The Morgan fingerprint density at radius 1 is 0.885 bits per heavy atom. The molecule has 26 heavy (non-hydrogen) atoms. The van der Waals surface area contributed by atoms with Crippen molar-refractivity contribution < 1.29 is 4.74 Å². The highest BCUT2D eigenvalue weighted by Crippen LogP contribution is 2.27. The van der Waals surface area contributed by atoms with E-state index in [2.05, 4.69) is 38.1 Å². The predicted octanol–water partition coefficient (Wildman–Crippen LogP) is 5.28. The molecule has 2 aromatic carbocycles. The van der Waals surface area contributed by atoms with E-state index in [0.29, 0.717) is 6.61 Å². The molecule has 4 rings (SSSR count). The van der Waals surface area contributed by atoms with Gasteiger partial charge in [-0.3, -0.25) is 4.98 Å². The summed E-state index contributed by atoms with van der Waals surface area (Å²) in [4.78, 5) is 4.05. The van der Waals surface area contributed by atoms with Gasteiger partial charge in [-0.1, -0.05) is 30.3 Å². The second kappa shape index (κ2) is 7.54. The molecule has 0 unspecified atom stereocenters. The smallest absolute Gasteiger partial charge is 0.119 e. The standard InChI is InChI=1S/C21H16BrN3O/c22-20-14-25(24-21(20)17-10-12-23-13-11-17)18-6-8-19(9-7-18)26-15-16-4-2-1-3-5-16/h1-14H,15H2. The molecule has 0 radical (unpaired) electrons. The van der Waals surface area contributed by atoms with E-state index < -0.39 is 0 Å². The summed E-state index contributed by atoms with van der Waals surface area (Å²) in [6, 6.07) is 21.9. The molecular weight excluding hydrogens is 390 g/mol. The summed E-state index contributed by atoms with van der Waals surface area (Å²) >= 11 is 3.59. The first-order chi connectivity index (χ1) is 12.8. The Hall–Kier alpha value is -2.92. The number of ether oxygens (including phenoxy) is 1. The maximum Gasteiger partial charge on any atom is 0.119 e. The van der Waals surface area contributed by atoms with Crippen LogP contribution in [0.1, 0.15) is 5.56 Å². The van der Waals surface area contributed by atoms with E-state index in [4.69, 9.17) is 4.74 Å². The van der Waals surface area contributed by atoms with E-state index in [1.165, 1.54) is 0 Å². The molecule has 0 saturated heterocycles. The van der Waals surface area contributed by atoms with Crippen LogP contribution < -0.4 is 4.74 Å². The average molecular weight is 406 g/mol. The van der Waals surface area contributed by atoms with Gasteiger partial charge in [0.1, 0.15) is 18.1 Å². The van der Waals surface area contributed by atoms with Gasteiger partial charge in [0.05, 0.1) is 10.2 Å². The van der Waals surface area contributed by atoms with Gasteiger partial charge in [-0.15, -0.1) is 0 Å². The van der Waals surface area contributed by atoms with Crippen LogP contribution in [0.15, 0.2) is 89.8 Å². The van der Waals surface area contributed by atoms with Crippen molar-refractivity contribution in [3.05, 3.63) is 95.4 Å². The Morgan fingerprint density at radius 2 is 1.62 bits per heavy atom. The minimum Gasteiger partial charge on any atom is -0.489 e. The SMILES string of the molecule is Brc1cn(-c2ccc(OCc3ccccc3)cc2)nc1-c1ccncc1. The molecule has 0 saturated carbocycles. The largest absolute Gasteiger partial charge is 0.489 e. The van der Waals surface area contributed by atoms with Crippen LogP contribution >= 0.6 is 15.9 Å². The van der Waals surface area contributed by atoms with Crippen molar-refractivity contribution in [2.75, 3.05) is 0 Å². The quantitative estimate of drug-likeness (QED) is 0.453. The lowest BCUT2D eigenvalue weighted by atomic mass is 10.2. The summed E-state index contributed by atoms with van der Waals surface area (Å²) in [5.74, 6) is 0.832. The first-order valence-corrected chi connectivity index (χ1v) is 9.01. The Labute approximate surface area is 160 Å². The van der Waals surface area contributed by atoms with Gasteiger partial charge in [0.25, 0.3) is 0 Å². The second-order valence-corrected chi connectivity index (χ2v) is 6.63. The number of nitrogens with zero attached hydrogens (tertiary/aromatic N) is 3. The van der Waals surface area contributed by atoms with E-state index in [-0.39, 0.29) is 0 Å². The summed E-state index contributed by atoms with van der Waals surface area (Å²) in [5, 5.41) is 4.67. The number of hydrogen-bond donors (Lipinski definition) is 0. The maximum atomic E-state index is 5.84. The summed E-state index contributed by atoms with van der Waals surface area (Å²) in [7, 11) is 0. The molecule has 4 aromatic rings. The average Bonchev–Trinajstić information content (AvgIpc) is 3.10. The van der Waals surface area contributed by atoms with Crippen molar-refractivity contribution in [3.63, 3.8) is 0 Å². The van der Waals surface area contributed by atoms with Crippen molar-refractivity contribution in [1.29, 1.82) is 0 Å². The van der Waals surface area contributed by atoms with Gasteiger partial charge in [0, 0.05) is 24.2 Å². The first kappa shape index (κ1) is 16.5. The Kier molecular flexibility index (Phi) is 4.80. The highest BCUT2D eigenvalue weighted by atomic mass is 79.9. The zero-order chi connectivity index (χ0) is 17.8. The molecule has 0 fully saturated rings. The van der Waals surface area contributed by atoms with Gasteiger partial charge in [0.15, 0.2) is 0 Å². The normalized spacial score (nSPS) is 10.7. The van der Waals surface area contributed by atoms with Crippen LogP contribution in [0.2, 0.25) is 0 Å². The van der Waals surface area contributed by atoms with Crippen LogP contribution in [-0.4, -0.2) is 14.8 Å². The van der Waals surface area contributed by atoms with Gasteiger partial charge in [-0.05, 0) is 57.9 Å². The molecule has 2 heterocycles. The van der Waals surface area contributed by atoms with Crippen LogP contribution in [0.4, 0.5) is 0 Å². The molecule has 5 heteroatoms. The Morgan fingerprint density at radius 3 is 2.35 bits per heavy atom. The molecule has 0 aliphatic rings. The summed E-state index contributed by atoms with van der Waals surface area (Å²) < 4.78 is 8.62. The highest BCUT2D eigenvalue weighted by Gasteiger charge is 2.10. The van der Waals surface area contributed by atoms with Crippen molar-refractivity contribution in [2.24, 2.45) is 0 Å². The number of halogens is 1. The monoisotopic (exact) mass is 405 g/mol. The molecule has 0 amide bonds. The van der Waals surface area contributed by atoms with Gasteiger partial charge in [0.2, 0.25) is 0 Å². The molecule has 0 spiro atoms. The van der Waals surface area contributed by atoms with Gasteiger partial charge < -0.3 is 4.74 Å². The van der Waals surface area contributed by atoms with Crippen molar-refractivity contribution in [3.8, 4) is 22.7 Å². The van der Waals surface area contributed by atoms with Crippen LogP contribution in [0.3, 0.4) is 0 Å². The molecule has 128 valence electrons. The number of aromatic nitrogens is 3. The fraction of sp³-hybridized carbons (Fsp3) is 0.0476. The lowest BCUT2D eigenvalue weighted by molar-refractivity contribution is 0.306. The minimum absolute atomic E-state index is 0.555. The molecule has 0 N–H and O–H groups in total. The zero-order valence-electron chi connectivity index (χ0n) is 13.9. The number of pyridine rings is 1. The van der Waals surface area contributed by atoms with Gasteiger partial charge in [-0.25, -0.2) is 4.68 Å². The predicted molar refractivity (Wildman–Crippen MR) is 105 cm³/mol. The molecule has 0 bridgehead atoms. The summed E-state index contributed by atoms with van der Waals surface area (Å²) in [5.41, 5.74) is 4.03. The van der Waals surface area contributed by atoms with Crippen LogP contribution in [-0.2, 0) is 6.61 Å². The Balaban J connectivity index is 1.50. The zero-order valence-corrected chi connectivity index (χ0v) is 15.5. The molecule has 0 aliphatic carbocycles. The minimum atomic E-state index is 0.555. The highest BCUT2D eigenvalue weighted by molar-refractivity contribution is 9.10. The van der Waals surface area contributed by atoms with Gasteiger partial charge in [-0.2, -0.15) is 5.10 Å². The summed E-state index contributed by atoms with van der Waals surface area (Å²) in [6.45, 7) is 0.555. The van der Waals surface area contributed by atoms with Crippen molar-refractivity contribution in [1.82, 2.24) is 14.8 Å². The fourth-order valence-corrected chi connectivity index (χ4v) is 3.13. The third-order valence-corrected chi connectivity index (χ3v) is 4.55. The van der Waals surface area contributed by atoms with Crippen LogP contribution in [0.5, 0.6) is 5.75 Å². The second-order valence-electron chi connectivity index (χ2n) is 5.77. The van der Waals surface area contributed by atoms with E-state index in [1.807, 2.05) is 65.5 Å². The van der Waals surface area contributed by atoms with E-state index in [1.54, 1.807) is 12.4 Å². The van der Waals surface area contributed by atoms with Crippen molar-refractivity contribution in [2.45, 2.75) is 6.61 Å². The van der Waals surface area contributed by atoms with Crippen LogP contribution in [0, 0.1) is 0 Å². The molecule has 2 aromatic heterocycles. The van der Waals surface area contributed by atoms with Crippen LogP contribution in [0.25, 0.3) is 16.9 Å². The number of hydrogen-bond acceptors (Lipinski definition) is 3. The first-order valence-electron chi connectivity index (χ1n) is 8.22. The molecule has 0 atom stereocenters. The third kappa shape index (κ3) is 3.68. The molecule has 0 aliphatic heterocycles. The van der Waals surface area contributed by atoms with Crippen molar-refractivity contribution >= 4 is 15.9 Å².